The van der Waals surface area contributed by atoms with Crippen LogP contribution in [-0.4, -0.2) is 14.8 Å². The second kappa shape index (κ2) is 9.00. The fourth-order valence-corrected chi connectivity index (χ4v) is 3.37. The van der Waals surface area contributed by atoms with E-state index in [1.165, 1.54) is 37.7 Å². The Morgan fingerprint density at radius 2 is 1.65 bits per heavy atom. The van der Waals surface area contributed by atoms with Gasteiger partial charge in [-0.3, -0.25) is 0 Å². The van der Waals surface area contributed by atoms with Gasteiger partial charge in [0.25, 0.3) is 0 Å². The van der Waals surface area contributed by atoms with Crippen molar-refractivity contribution in [1.29, 1.82) is 0 Å². The average molecular weight is 368 g/mol. The van der Waals surface area contributed by atoms with Gasteiger partial charge in [-0.1, -0.05) is 80.6 Å². The summed E-state index contributed by atoms with van der Waals surface area (Å²) in [5.41, 5.74) is 3.33. The molecule has 3 aromatic rings. The van der Waals surface area contributed by atoms with Crippen molar-refractivity contribution in [3.05, 3.63) is 59.1 Å². The summed E-state index contributed by atoms with van der Waals surface area (Å²) in [6.45, 7) is 2.25. The SMILES string of the molecule is CCCCCCCc1ccc(-c2nc(-c3ccccc3Cl)nn2C)cc1. The van der Waals surface area contributed by atoms with Crippen molar-refractivity contribution in [1.82, 2.24) is 14.8 Å². The highest BCUT2D eigenvalue weighted by Crippen LogP contribution is 2.27. The standard InChI is InChI=1S/C22H26ClN3/c1-3-4-5-6-7-10-17-13-15-18(16-14-17)22-24-21(25-26(22)2)19-11-8-9-12-20(19)23/h8-9,11-16H,3-7,10H2,1-2H3. The molecule has 0 aliphatic carbocycles. The highest BCUT2D eigenvalue weighted by molar-refractivity contribution is 6.33. The van der Waals surface area contributed by atoms with Crippen LogP contribution in [0.5, 0.6) is 0 Å². The fraction of sp³-hybridized carbons (Fsp3) is 0.364. The Labute approximate surface area is 161 Å². The molecule has 0 saturated carbocycles. The maximum absolute atomic E-state index is 6.28. The number of aryl methyl sites for hydroxylation is 2. The molecule has 0 fully saturated rings. The molecule has 0 N–H and O–H groups in total. The number of benzene rings is 2. The summed E-state index contributed by atoms with van der Waals surface area (Å²) in [6, 6.07) is 16.4. The number of rotatable bonds is 8. The van der Waals surface area contributed by atoms with E-state index in [2.05, 4.69) is 36.3 Å². The van der Waals surface area contributed by atoms with Gasteiger partial charge in [0.15, 0.2) is 11.6 Å². The first kappa shape index (κ1) is 18.7. The van der Waals surface area contributed by atoms with E-state index in [1.807, 2.05) is 36.0 Å². The molecule has 0 aliphatic rings. The lowest BCUT2D eigenvalue weighted by molar-refractivity contribution is 0.632. The van der Waals surface area contributed by atoms with E-state index in [0.717, 1.165) is 23.4 Å². The van der Waals surface area contributed by atoms with Crippen molar-refractivity contribution in [3.63, 3.8) is 0 Å². The number of hydrogen-bond acceptors (Lipinski definition) is 2. The molecule has 3 rings (SSSR count). The Morgan fingerprint density at radius 3 is 2.38 bits per heavy atom. The van der Waals surface area contributed by atoms with Gasteiger partial charge in [0.05, 0.1) is 5.02 Å². The van der Waals surface area contributed by atoms with Gasteiger partial charge < -0.3 is 0 Å². The van der Waals surface area contributed by atoms with Gasteiger partial charge in [0.2, 0.25) is 0 Å². The Kier molecular flexibility index (Phi) is 6.45. The first-order valence-corrected chi connectivity index (χ1v) is 9.82. The molecule has 1 aromatic heterocycles. The molecule has 26 heavy (non-hydrogen) atoms. The lowest BCUT2D eigenvalue weighted by Crippen LogP contribution is -1.95. The van der Waals surface area contributed by atoms with Gasteiger partial charge in [0.1, 0.15) is 0 Å². The summed E-state index contributed by atoms with van der Waals surface area (Å²) in [5, 5.41) is 5.21. The maximum Gasteiger partial charge on any atom is 0.183 e. The molecule has 0 bridgehead atoms. The average Bonchev–Trinajstić information content (AvgIpc) is 3.04. The van der Waals surface area contributed by atoms with Gasteiger partial charge in [-0.2, -0.15) is 5.10 Å². The predicted molar refractivity (Wildman–Crippen MR) is 109 cm³/mol. The smallest absolute Gasteiger partial charge is 0.183 e. The molecule has 3 nitrogen and oxygen atoms in total. The highest BCUT2D eigenvalue weighted by atomic mass is 35.5. The van der Waals surface area contributed by atoms with E-state index in [1.54, 1.807) is 0 Å². The van der Waals surface area contributed by atoms with Gasteiger partial charge >= 0.3 is 0 Å². The number of halogens is 1. The molecule has 0 spiro atoms. The fourth-order valence-electron chi connectivity index (χ4n) is 3.15. The molecule has 0 saturated heterocycles. The quantitative estimate of drug-likeness (QED) is 0.436. The van der Waals surface area contributed by atoms with Crippen LogP contribution in [0.25, 0.3) is 22.8 Å². The number of aromatic nitrogens is 3. The van der Waals surface area contributed by atoms with Crippen LogP contribution in [0.2, 0.25) is 5.02 Å². The van der Waals surface area contributed by atoms with Gasteiger partial charge in [0, 0.05) is 18.2 Å². The monoisotopic (exact) mass is 367 g/mol. The normalized spacial score (nSPS) is 11.0. The van der Waals surface area contributed by atoms with Gasteiger partial charge in [-0.05, 0) is 30.5 Å². The summed E-state index contributed by atoms with van der Waals surface area (Å²) >= 11 is 6.28. The predicted octanol–water partition coefficient (Wildman–Crippen LogP) is 6.32. The minimum absolute atomic E-state index is 0.660. The zero-order valence-electron chi connectivity index (χ0n) is 15.6. The van der Waals surface area contributed by atoms with Crippen LogP contribution in [0.15, 0.2) is 48.5 Å². The largest absolute Gasteiger partial charge is 0.248 e. The lowest BCUT2D eigenvalue weighted by atomic mass is 10.0. The summed E-state index contributed by atoms with van der Waals surface area (Å²) in [7, 11) is 1.92. The van der Waals surface area contributed by atoms with Crippen LogP contribution in [0, 0.1) is 0 Å². The third-order valence-electron chi connectivity index (χ3n) is 4.66. The van der Waals surface area contributed by atoms with Crippen LogP contribution >= 0.6 is 11.6 Å². The van der Waals surface area contributed by atoms with Crippen molar-refractivity contribution in [2.45, 2.75) is 45.4 Å². The maximum atomic E-state index is 6.28. The number of unbranched alkanes of at least 4 members (excludes halogenated alkanes) is 4. The van der Waals surface area contributed by atoms with Crippen molar-refractivity contribution in [3.8, 4) is 22.8 Å². The summed E-state index contributed by atoms with van der Waals surface area (Å²) in [5.74, 6) is 1.52. The van der Waals surface area contributed by atoms with Crippen LogP contribution in [0.4, 0.5) is 0 Å². The molecule has 0 amide bonds. The van der Waals surface area contributed by atoms with Crippen LogP contribution in [0.3, 0.4) is 0 Å². The summed E-state index contributed by atoms with van der Waals surface area (Å²) < 4.78 is 1.82. The van der Waals surface area contributed by atoms with Crippen molar-refractivity contribution >= 4 is 11.6 Å². The van der Waals surface area contributed by atoms with E-state index in [0.29, 0.717) is 10.8 Å². The second-order valence-corrected chi connectivity index (χ2v) is 7.13. The first-order chi connectivity index (χ1) is 12.7. The van der Waals surface area contributed by atoms with Crippen molar-refractivity contribution in [2.24, 2.45) is 7.05 Å². The van der Waals surface area contributed by atoms with E-state index in [4.69, 9.17) is 16.6 Å². The highest BCUT2D eigenvalue weighted by Gasteiger charge is 2.13. The summed E-state index contributed by atoms with van der Waals surface area (Å²) in [6.07, 6.45) is 7.72. The number of hydrogen-bond donors (Lipinski definition) is 0. The molecule has 0 unspecified atom stereocenters. The van der Waals surface area contributed by atoms with E-state index < -0.39 is 0 Å². The molecular weight excluding hydrogens is 342 g/mol. The lowest BCUT2D eigenvalue weighted by Gasteiger charge is -2.04. The van der Waals surface area contributed by atoms with Gasteiger partial charge in [-0.15, -0.1) is 0 Å². The molecule has 2 aromatic carbocycles. The first-order valence-electron chi connectivity index (χ1n) is 9.44. The molecule has 136 valence electrons. The summed E-state index contributed by atoms with van der Waals surface area (Å²) in [4.78, 5) is 4.70. The molecule has 0 radical (unpaired) electrons. The molecular formula is C22H26ClN3. The van der Waals surface area contributed by atoms with Crippen LogP contribution in [0.1, 0.15) is 44.6 Å². The topological polar surface area (TPSA) is 30.7 Å². The van der Waals surface area contributed by atoms with Crippen molar-refractivity contribution < 1.29 is 0 Å². The second-order valence-electron chi connectivity index (χ2n) is 6.72. The van der Waals surface area contributed by atoms with E-state index in [9.17, 15) is 0 Å². The molecule has 0 atom stereocenters. The molecule has 0 aliphatic heterocycles. The Hall–Kier alpha value is -2.13. The molecule has 4 heteroatoms. The van der Waals surface area contributed by atoms with Crippen LogP contribution < -0.4 is 0 Å². The van der Waals surface area contributed by atoms with E-state index >= 15 is 0 Å². The minimum atomic E-state index is 0.660. The third-order valence-corrected chi connectivity index (χ3v) is 4.99. The number of nitrogens with zero attached hydrogens (tertiary/aromatic N) is 3. The minimum Gasteiger partial charge on any atom is -0.248 e. The molecule has 1 heterocycles. The zero-order valence-corrected chi connectivity index (χ0v) is 16.3. The van der Waals surface area contributed by atoms with Crippen LogP contribution in [-0.2, 0) is 13.5 Å². The third kappa shape index (κ3) is 4.53. The van der Waals surface area contributed by atoms with Crippen molar-refractivity contribution in [2.75, 3.05) is 0 Å². The van der Waals surface area contributed by atoms with Gasteiger partial charge in [-0.25, -0.2) is 9.67 Å². The zero-order chi connectivity index (χ0) is 18.4. The van der Waals surface area contributed by atoms with E-state index in [-0.39, 0.29) is 0 Å². The Bertz CT molecular complexity index is 837. The Morgan fingerprint density at radius 1 is 0.923 bits per heavy atom. The Balaban J connectivity index is 1.71.